The minimum absolute atomic E-state index is 0.812. The van der Waals surface area contributed by atoms with Crippen LogP contribution in [0.15, 0.2) is 18.2 Å². The van der Waals surface area contributed by atoms with E-state index in [1.165, 1.54) is 11.1 Å². The minimum atomic E-state index is 0.812. The molecule has 0 fully saturated rings. The Morgan fingerprint density at radius 1 is 1.33 bits per heavy atom. The molecule has 0 bridgehead atoms. The van der Waals surface area contributed by atoms with Gasteiger partial charge in [-0.25, -0.2) is 0 Å². The molecule has 0 radical (unpaired) electrons. The highest BCUT2D eigenvalue weighted by Gasteiger charge is 2.06. The van der Waals surface area contributed by atoms with E-state index in [1.54, 1.807) is 0 Å². The molecule has 18 heavy (non-hydrogen) atoms. The Bertz CT molecular complexity index is 341. The lowest BCUT2D eigenvalue weighted by Crippen LogP contribution is -2.15. The van der Waals surface area contributed by atoms with Gasteiger partial charge in [-0.1, -0.05) is 25.1 Å². The van der Waals surface area contributed by atoms with Gasteiger partial charge in [0.2, 0.25) is 0 Å². The molecule has 0 aliphatic rings. The second-order valence-corrected chi connectivity index (χ2v) is 5.42. The molecule has 2 nitrogen and oxygen atoms in total. The Morgan fingerprint density at radius 3 is 2.89 bits per heavy atom. The molecule has 0 spiro atoms. The maximum atomic E-state index is 5.95. The largest absolute Gasteiger partial charge is 0.493 e. The Kier molecular flexibility index (Phi) is 7.94. The van der Waals surface area contributed by atoms with Crippen molar-refractivity contribution in [2.75, 3.05) is 25.2 Å². The molecule has 0 atom stereocenters. The predicted octanol–water partition coefficient (Wildman–Crippen LogP) is 3.63. The summed E-state index contributed by atoms with van der Waals surface area (Å²) in [6.07, 6.45) is 4.40. The molecule has 0 aromatic heterocycles. The van der Waals surface area contributed by atoms with Crippen LogP contribution in [0.4, 0.5) is 0 Å². The van der Waals surface area contributed by atoms with Crippen LogP contribution in [0.1, 0.15) is 30.9 Å². The van der Waals surface area contributed by atoms with Crippen molar-refractivity contribution < 1.29 is 4.74 Å². The van der Waals surface area contributed by atoms with Crippen molar-refractivity contribution in [1.29, 1.82) is 0 Å². The first-order valence-corrected chi connectivity index (χ1v) is 8.10. The van der Waals surface area contributed by atoms with Crippen LogP contribution in [0.25, 0.3) is 0 Å². The second-order valence-electron chi connectivity index (χ2n) is 4.43. The maximum absolute atomic E-state index is 5.95. The summed E-state index contributed by atoms with van der Waals surface area (Å²) in [5.41, 5.74) is 2.50. The summed E-state index contributed by atoms with van der Waals surface area (Å²) in [4.78, 5) is 0. The van der Waals surface area contributed by atoms with Crippen molar-refractivity contribution in [3.8, 4) is 5.75 Å². The van der Waals surface area contributed by atoms with Crippen LogP contribution in [0, 0.1) is 6.92 Å². The van der Waals surface area contributed by atoms with Gasteiger partial charge in [0, 0.05) is 12.1 Å². The van der Waals surface area contributed by atoms with E-state index >= 15 is 0 Å². The molecule has 102 valence electrons. The number of para-hydroxylation sites is 1. The van der Waals surface area contributed by atoms with E-state index in [-0.39, 0.29) is 0 Å². The highest BCUT2D eigenvalue weighted by atomic mass is 32.2. The maximum Gasteiger partial charge on any atom is 0.126 e. The molecule has 0 unspecified atom stereocenters. The van der Waals surface area contributed by atoms with E-state index in [4.69, 9.17) is 4.74 Å². The van der Waals surface area contributed by atoms with E-state index in [9.17, 15) is 0 Å². The van der Waals surface area contributed by atoms with Crippen LogP contribution in [0.5, 0.6) is 5.75 Å². The Labute approximate surface area is 116 Å². The third-order valence-electron chi connectivity index (χ3n) is 2.77. The van der Waals surface area contributed by atoms with E-state index in [1.807, 2.05) is 11.8 Å². The van der Waals surface area contributed by atoms with E-state index < -0.39 is 0 Å². The van der Waals surface area contributed by atoms with Crippen LogP contribution in [-0.4, -0.2) is 25.2 Å². The summed E-state index contributed by atoms with van der Waals surface area (Å²) < 4.78 is 5.95. The SMILES string of the molecule is CCCNCc1cccc(C)c1OCCCSC. The zero-order valence-corrected chi connectivity index (χ0v) is 12.6. The molecule has 1 aromatic carbocycles. The van der Waals surface area contributed by atoms with Gasteiger partial charge in [-0.3, -0.25) is 0 Å². The minimum Gasteiger partial charge on any atom is -0.493 e. The summed E-state index contributed by atoms with van der Waals surface area (Å²) >= 11 is 1.87. The van der Waals surface area contributed by atoms with E-state index in [0.717, 1.165) is 44.0 Å². The molecule has 1 N–H and O–H groups in total. The first-order valence-electron chi connectivity index (χ1n) is 6.70. The fourth-order valence-electron chi connectivity index (χ4n) is 1.84. The summed E-state index contributed by atoms with van der Waals surface area (Å²) in [6.45, 7) is 7.07. The van der Waals surface area contributed by atoms with Gasteiger partial charge in [0.25, 0.3) is 0 Å². The number of rotatable bonds is 9. The fraction of sp³-hybridized carbons (Fsp3) is 0.600. The highest BCUT2D eigenvalue weighted by molar-refractivity contribution is 7.98. The van der Waals surface area contributed by atoms with Crippen molar-refractivity contribution in [3.63, 3.8) is 0 Å². The molecule has 1 aromatic rings. The lowest BCUT2D eigenvalue weighted by Gasteiger charge is -2.14. The van der Waals surface area contributed by atoms with Crippen LogP contribution >= 0.6 is 11.8 Å². The molecule has 0 saturated heterocycles. The van der Waals surface area contributed by atoms with Crippen LogP contribution in [-0.2, 0) is 6.54 Å². The van der Waals surface area contributed by atoms with Gasteiger partial charge in [0.15, 0.2) is 0 Å². The van der Waals surface area contributed by atoms with Gasteiger partial charge in [-0.05, 0) is 43.9 Å². The predicted molar refractivity (Wildman–Crippen MR) is 81.7 cm³/mol. The summed E-state index contributed by atoms with van der Waals surface area (Å²) in [7, 11) is 0. The van der Waals surface area contributed by atoms with E-state index in [2.05, 4.69) is 43.6 Å². The number of benzene rings is 1. The van der Waals surface area contributed by atoms with Crippen LogP contribution in [0.2, 0.25) is 0 Å². The van der Waals surface area contributed by atoms with Crippen molar-refractivity contribution in [2.24, 2.45) is 0 Å². The molecule has 0 aliphatic heterocycles. The first kappa shape index (κ1) is 15.4. The Balaban J connectivity index is 2.56. The molecule has 1 rings (SSSR count). The Hall–Kier alpha value is -0.670. The van der Waals surface area contributed by atoms with Crippen LogP contribution in [0.3, 0.4) is 0 Å². The number of thioether (sulfide) groups is 1. The number of nitrogens with one attached hydrogen (secondary N) is 1. The topological polar surface area (TPSA) is 21.3 Å². The summed E-state index contributed by atoms with van der Waals surface area (Å²) in [5, 5.41) is 3.44. The fourth-order valence-corrected chi connectivity index (χ4v) is 2.24. The highest BCUT2D eigenvalue weighted by Crippen LogP contribution is 2.23. The van der Waals surface area contributed by atoms with Gasteiger partial charge >= 0.3 is 0 Å². The van der Waals surface area contributed by atoms with Crippen molar-refractivity contribution in [3.05, 3.63) is 29.3 Å². The standard InChI is InChI=1S/C15H25NOS/c1-4-9-16-12-14-8-5-7-13(2)15(14)17-10-6-11-18-3/h5,7-8,16H,4,6,9-12H2,1-3H3. The number of hydrogen-bond donors (Lipinski definition) is 1. The molecular weight excluding hydrogens is 242 g/mol. The molecule has 0 aliphatic carbocycles. The monoisotopic (exact) mass is 267 g/mol. The third kappa shape index (κ3) is 5.32. The normalized spacial score (nSPS) is 10.6. The number of aryl methyl sites for hydroxylation is 1. The first-order chi connectivity index (χ1) is 8.79. The zero-order valence-electron chi connectivity index (χ0n) is 11.8. The van der Waals surface area contributed by atoms with Gasteiger partial charge in [-0.15, -0.1) is 0 Å². The number of hydrogen-bond acceptors (Lipinski definition) is 3. The van der Waals surface area contributed by atoms with Crippen molar-refractivity contribution >= 4 is 11.8 Å². The zero-order chi connectivity index (χ0) is 13.2. The van der Waals surface area contributed by atoms with Crippen LogP contribution < -0.4 is 10.1 Å². The molecule has 0 saturated carbocycles. The van der Waals surface area contributed by atoms with Gasteiger partial charge in [0.05, 0.1) is 6.61 Å². The molecular formula is C15H25NOS. The molecule has 0 amide bonds. The van der Waals surface area contributed by atoms with Gasteiger partial charge in [0.1, 0.15) is 5.75 Å². The average Bonchev–Trinajstić information content (AvgIpc) is 2.37. The summed E-state index contributed by atoms with van der Waals surface area (Å²) in [6, 6.07) is 6.37. The Morgan fingerprint density at radius 2 is 2.17 bits per heavy atom. The molecule has 0 heterocycles. The van der Waals surface area contributed by atoms with Crippen molar-refractivity contribution in [1.82, 2.24) is 5.32 Å². The smallest absolute Gasteiger partial charge is 0.126 e. The average molecular weight is 267 g/mol. The van der Waals surface area contributed by atoms with Crippen molar-refractivity contribution in [2.45, 2.75) is 33.2 Å². The second kappa shape index (κ2) is 9.29. The lowest BCUT2D eigenvalue weighted by atomic mass is 10.1. The van der Waals surface area contributed by atoms with Gasteiger partial charge in [-0.2, -0.15) is 11.8 Å². The molecule has 3 heteroatoms. The number of ether oxygens (including phenoxy) is 1. The van der Waals surface area contributed by atoms with E-state index in [0.29, 0.717) is 0 Å². The third-order valence-corrected chi connectivity index (χ3v) is 3.47. The van der Waals surface area contributed by atoms with Gasteiger partial charge < -0.3 is 10.1 Å². The quantitative estimate of drug-likeness (QED) is 0.690. The lowest BCUT2D eigenvalue weighted by molar-refractivity contribution is 0.312. The summed E-state index contributed by atoms with van der Waals surface area (Å²) in [5.74, 6) is 2.23.